The van der Waals surface area contributed by atoms with Gasteiger partial charge in [0, 0.05) is 19.5 Å². The van der Waals surface area contributed by atoms with E-state index < -0.39 is 6.72 Å². The van der Waals surface area contributed by atoms with E-state index in [0.29, 0.717) is 11.5 Å². The van der Waals surface area contributed by atoms with Crippen LogP contribution in [0, 0.1) is 0 Å². The largest absolute Gasteiger partial charge is 0.760 e. The Labute approximate surface area is 124 Å². The van der Waals surface area contributed by atoms with Crippen LogP contribution in [0.3, 0.4) is 0 Å². The van der Waals surface area contributed by atoms with Crippen molar-refractivity contribution in [2.45, 2.75) is 0 Å². The zero-order valence-corrected chi connectivity index (χ0v) is 14.2. The van der Waals surface area contributed by atoms with E-state index >= 15 is 0 Å². The molecule has 0 radical (unpaired) electrons. The summed E-state index contributed by atoms with van der Waals surface area (Å²) in [6.07, 6.45) is 0. The van der Waals surface area contributed by atoms with Gasteiger partial charge in [0.1, 0.15) is 11.5 Å². The molecule has 0 spiro atoms. The Balaban J connectivity index is 0.00000162. The van der Waals surface area contributed by atoms with Crippen molar-refractivity contribution in [3.05, 3.63) is 60.7 Å². The van der Waals surface area contributed by atoms with Crippen molar-refractivity contribution in [1.29, 1.82) is 0 Å². The Morgan fingerprint density at radius 1 is 0.778 bits per heavy atom. The van der Waals surface area contributed by atoms with E-state index in [4.69, 9.17) is 20.9 Å². The van der Waals surface area contributed by atoms with Crippen molar-refractivity contribution in [3.8, 4) is 11.5 Å². The molecule has 0 aliphatic rings. The fraction of sp³-hybridized carbons (Fsp3) is 0. The average Bonchev–Trinajstić information content (AvgIpc) is 2.30. The Bertz CT molecular complexity index is 476. The van der Waals surface area contributed by atoms with Gasteiger partial charge < -0.3 is 13.9 Å². The minimum atomic E-state index is -3.55. The third-order valence-electron chi connectivity index (χ3n) is 1.92. The van der Waals surface area contributed by atoms with Gasteiger partial charge in [0.25, 0.3) is 0 Å². The minimum absolute atomic E-state index is 0. The average molecular weight is 331 g/mol. The van der Waals surface area contributed by atoms with Gasteiger partial charge in [-0.05, 0) is 36.1 Å². The molecule has 90 valence electrons. The number of para-hydroxylation sites is 2. The summed E-state index contributed by atoms with van der Waals surface area (Å²) >= 11 is 4.82. The Morgan fingerprint density at radius 3 is 1.44 bits per heavy atom. The normalized spacial score (nSPS) is 10.3. The van der Waals surface area contributed by atoms with E-state index in [0.717, 1.165) is 0 Å². The van der Waals surface area contributed by atoms with Crippen LogP contribution in [0.5, 0.6) is 11.5 Å². The van der Waals surface area contributed by atoms with Gasteiger partial charge in [-0.15, -0.1) is 0 Å². The van der Waals surface area contributed by atoms with Crippen LogP contribution in [-0.4, -0.2) is 0 Å². The molecule has 2 aromatic rings. The van der Waals surface area contributed by atoms with Gasteiger partial charge in [-0.25, -0.2) is 0 Å². The van der Waals surface area contributed by atoms with Gasteiger partial charge in [-0.2, -0.15) is 0 Å². The molecule has 18 heavy (non-hydrogen) atoms. The van der Waals surface area contributed by atoms with Gasteiger partial charge >= 0.3 is 0 Å². The van der Waals surface area contributed by atoms with Crippen LogP contribution in [0.4, 0.5) is 0 Å². The van der Waals surface area contributed by atoms with Crippen molar-refractivity contribution < 1.29 is 33.4 Å². The summed E-state index contributed by atoms with van der Waals surface area (Å²) in [4.78, 5) is 11.9. The van der Waals surface area contributed by atoms with Crippen molar-refractivity contribution >= 4 is 18.5 Å². The molecule has 0 amide bonds. The van der Waals surface area contributed by atoms with Crippen molar-refractivity contribution in [1.82, 2.24) is 0 Å². The monoisotopic (exact) mass is 329 g/mol. The third kappa shape index (κ3) is 4.87. The summed E-state index contributed by atoms with van der Waals surface area (Å²) in [5.41, 5.74) is 0. The van der Waals surface area contributed by atoms with Crippen LogP contribution in [-0.2, 0) is 31.3 Å². The summed E-state index contributed by atoms with van der Waals surface area (Å²) in [6, 6.07) is 17.4. The second-order valence-corrected chi connectivity index (χ2v) is 5.86. The molecule has 6 heteroatoms. The van der Waals surface area contributed by atoms with E-state index in [2.05, 4.69) is 0 Å². The number of rotatable bonds is 4. The summed E-state index contributed by atoms with van der Waals surface area (Å²) in [7, 11) is 0. The van der Waals surface area contributed by atoms with Crippen LogP contribution < -0.4 is 13.9 Å². The Kier molecular flexibility index (Phi) is 5.97. The standard InChI is InChI=1S/C12H11O3PS.Zn/c13-16(17,14-11-7-3-1-4-8-11)15-12-9-5-2-6-10-12;/h1-10H,(H,13,17);/p-1. The smallest absolute Gasteiger partial charge is 0.221 e. The molecule has 0 bridgehead atoms. The van der Waals surface area contributed by atoms with Crippen molar-refractivity contribution in [3.63, 3.8) is 0 Å². The van der Waals surface area contributed by atoms with E-state index in [-0.39, 0.29) is 19.5 Å². The number of hydrogen-bond donors (Lipinski definition) is 0. The molecule has 0 aliphatic carbocycles. The fourth-order valence-electron chi connectivity index (χ4n) is 1.24. The van der Waals surface area contributed by atoms with Gasteiger partial charge in [-0.3, -0.25) is 0 Å². The predicted molar refractivity (Wildman–Crippen MR) is 68.4 cm³/mol. The SMILES string of the molecule is [O-]P(=S)(Oc1ccccc1)Oc1ccccc1.[Zn]. The summed E-state index contributed by atoms with van der Waals surface area (Å²) < 4.78 is 10.3. The van der Waals surface area contributed by atoms with Crippen molar-refractivity contribution in [2.75, 3.05) is 0 Å². The maximum absolute atomic E-state index is 11.9. The van der Waals surface area contributed by atoms with E-state index in [1.165, 1.54) is 0 Å². The van der Waals surface area contributed by atoms with Crippen LogP contribution in [0.2, 0.25) is 0 Å². The molecular formula is C12H10O3PSZn-. The fourth-order valence-corrected chi connectivity index (χ4v) is 2.55. The summed E-state index contributed by atoms with van der Waals surface area (Å²) in [5, 5.41) is 0. The number of hydrogen-bond acceptors (Lipinski definition) is 4. The van der Waals surface area contributed by atoms with Crippen molar-refractivity contribution in [2.24, 2.45) is 0 Å². The number of benzene rings is 2. The molecule has 2 aromatic carbocycles. The summed E-state index contributed by atoms with van der Waals surface area (Å²) in [5.74, 6) is 0.864. The zero-order valence-electron chi connectivity index (χ0n) is 9.56. The van der Waals surface area contributed by atoms with Gasteiger partial charge in [-0.1, -0.05) is 36.4 Å². The van der Waals surface area contributed by atoms with Gasteiger partial charge in [0.15, 0.2) is 0 Å². The molecule has 0 aliphatic heterocycles. The van der Waals surface area contributed by atoms with Gasteiger partial charge in [0.2, 0.25) is 6.72 Å². The molecular weight excluding hydrogens is 321 g/mol. The topological polar surface area (TPSA) is 41.5 Å². The second kappa shape index (κ2) is 7.01. The third-order valence-corrected chi connectivity index (χ3v) is 3.24. The second-order valence-electron chi connectivity index (χ2n) is 3.26. The molecule has 0 fully saturated rings. The van der Waals surface area contributed by atoms with E-state index in [9.17, 15) is 4.89 Å². The first-order chi connectivity index (χ1) is 8.16. The molecule has 0 saturated carbocycles. The van der Waals surface area contributed by atoms with Crippen LogP contribution in [0.15, 0.2) is 60.7 Å². The molecule has 0 saturated heterocycles. The summed E-state index contributed by atoms with van der Waals surface area (Å²) in [6.45, 7) is -3.55. The molecule has 0 unspecified atom stereocenters. The minimum Gasteiger partial charge on any atom is -0.760 e. The molecule has 0 N–H and O–H groups in total. The maximum Gasteiger partial charge on any atom is 0.221 e. The molecule has 0 heterocycles. The van der Waals surface area contributed by atoms with Crippen LogP contribution in [0.1, 0.15) is 0 Å². The van der Waals surface area contributed by atoms with Crippen LogP contribution >= 0.6 is 6.72 Å². The Morgan fingerprint density at radius 2 is 1.11 bits per heavy atom. The Hall–Kier alpha value is -0.727. The first-order valence-corrected chi connectivity index (χ1v) is 7.52. The first-order valence-electron chi connectivity index (χ1n) is 4.96. The predicted octanol–water partition coefficient (Wildman–Crippen LogP) is 2.73. The quantitative estimate of drug-likeness (QED) is 0.638. The zero-order chi connectivity index (χ0) is 12.1. The van der Waals surface area contributed by atoms with E-state index in [1.54, 1.807) is 48.5 Å². The van der Waals surface area contributed by atoms with E-state index in [1.807, 2.05) is 12.1 Å². The van der Waals surface area contributed by atoms with Gasteiger partial charge in [0.05, 0.1) is 0 Å². The molecule has 0 aromatic heterocycles. The van der Waals surface area contributed by atoms with Crippen LogP contribution in [0.25, 0.3) is 0 Å². The molecule has 3 nitrogen and oxygen atoms in total. The molecule has 0 atom stereocenters. The molecule has 2 rings (SSSR count). The first kappa shape index (κ1) is 15.3. The maximum atomic E-state index is 11.9.